The van der Waals surface area contributed by atoms with E-state index in [0.717, 1.165) is 24.7 Å². The third-order valence-electron chi connectivity index (χ3n) is 1.76. The van der Waals surface area contributed by atoms with E-state index in [1.165, 1.54) is 0 Å². The molecule has 1 unspecified atom stereocenters. The molecule has 74 valence electrons. The summed E-state index contributed by atoms with van der Waals surface area (Å²) in [5.41, 5.74) is 0.992. The summed E-state index contributed by atoms with van der Waals surface area (Å²) in [6.45, 7) is 5.78. The van der Waals surface area contributed by atoms with Gasteiger partial charge in [0, 0.05) is 12.3 Å². The van der Waals surface area contributed by atoms with Gasteiger partial charge in [0.1, 0.15) is 6.29 Å². The molecule has 0 heterocycles. The van der Waals surface area contributed by atoms with Crippen LogP contribution < -0.4 is 0 Å². The van der Waals surface area contributed by atoms with Gasteiger partial charge in [0.2, 0.25) is 0 Å². The first-order valence-corrected chi connectivity index (χ1v) is 4.73. The van der Waals surface area contributed by atoms with Gasteiger partial charge in [-0.15, -0.1) is 0 Å². The smallest absolute Gasteiger partial charge is 0.156 e. The van der Waals surface area contributed by atoms with Crippen LogP contribution in [-0.4, -0.2) is 12.1 Å². The average molecular weight is 182 g/mol. The van der Waals surface area contributed by atoms with Crippen LogP contribution in [0.3, 0.4) is 0 Å². The molecular weight excluding hydrogens is 164 g/mol. The van der Waals surface area contributed by atoms with Crippen molar-refractivity contribution in [2.24, 2.45) is 5.92 Å². The Kier molecular flexibility index (Phi) is 6.11. The molecule has 0 aromatic carbocycles. The van der Waals surface area contributed by atoms with Crippen molar-refractivity contribution in [3.63, 3.8) is 0 Å². The van der Waals surface area contributed by atoms with Gasteiger partial charge < -0.3 is 4.79 Å². The van der Waals surface area contributed by atoms with Crippen LogP contribution >= 0.6 is 0 Å². The molecule has 0 fully saturated rings. The highest BCUT2D eigenvalue weighted by molar-refractivity contribution is 5.91. The first-order chi connectivity index (χ1) is 6.10. The molecular formula is C11H18O2. The molecule has 0 amide bonds. The summed E-state index contributed by atoms with van der Waals surface area (Å²) in [6.07, 6.45) is 4.62. The van der Waals surface area contributed by atoms with Crippen molar-refractivity contribution in [1.29, 1.82) is 0 Å². The minimum absolute atomic E-state index is 0.0607. The second-order valence-electron chi connectivity index (χ2n) is 3.58. The number of carbonyl (C=O) groups is 2. The van der Waals surface area contributed by atoms with Crippen LogP contribution in [0.15, 0.2) is 11.6 Å². The molecule has 0 saturated carbocycles. The van der Waals surface area contributed by atoms with Crippen LogP contribution in [-0.2, 0) is 9.59 Å². The summed E-state index contributed by atoms with van der Waals surface area (Å²) < 4.78 is 0. The maximum atomic E-state index is 11.3. The third-order valence-corrected chi connectivity index (χ3v) is 1.76. The summed E-state index contributed by atoms with van der Waals surface area (Å²) in [5.74, 6) is -0.0290. The van der Waals surface area contributed by atoms with E-state index in [1.807, 2.05) is 20.8 Å². The van der Waals surface area contributed by atoms with Gasteiger partial charge in [0.05, 0.1) is 0 Å². The molecule has 1 atom stereocenters. The highest BCUT2D eigenvalue weighted by Crippen LogP contribution is 2.09. The largest absolute Gasteiger partial charge is 0.303 e. The van der Waals surface area contributed by atoms with E-state index < -0.39 is 0 Å². The quantitative estimate of drug-likeness (QED) is 0.467. The normalized spacial score (nSPS) is 11.9. The Morgan fingerprint density at radius 1 is 1.38 bits per heavy atom. The first-order valence-electron chi connectivity index (χ1n) is 4.73. The van der Waals surface area contributed by atoms with Gasteiger partial charge in [0.15, 0.2) is 5.78 Å². The Hall–Kier alpha value is -0.920. The fraction of sp³-hybridized carbons (Fsp3) is 0.636. The Morgan fingerprint density at radius 2 is 2.00 bits per heavy atom. The van der Waals surface area contributed by atoms with E-state index in [0.29, 0.717) is 6.42 Å². The lowest BCUT2D eigenvalue weighted by atomic mass is 9.98. The van der Waals surface area contributed by atoms with Gasteiger partial charge in [-0.1, -0.05) is 18.9 Å². The summed E-state index contributed by atoms with van der Waals surface area (Å²) in [5, 5.41) is 0. The molecule has 0 aromatic rings. The van der Waals surface area contributed by atoms with Crippen LogP contribution in [0, 0.1) is 5.92 Å². The zero-order chi connectivity index (χ0) is 10.3. The van der Waals surface area contributed by atoms with Crippen molar-refractivity contribution in [1.82, 2.24) is 0 Å². The van der Waals surface area contributed by atoms with Gasteiger partial charge >= 0.3 is 0 Å². The predicted octanol–water partition coefficient (Wildman–Crippen LogP) is 2.53. The summed E-state index contributed by atoms with van der Waals surface area (Å²) in [6, 6.07) is 0. The number of hydrogen-bond acceptors (Lipinski definition) is 2. The molecule has 2 heteroatoms. The number of ketones is 1. The Balaban J connectivity index is 4.01. The Morgan fingerprint density at radius 3 is 2.38 bits per heavy atom. The summed E-state index contributed by atoms with van der Waals surface area (Å²) >= 11 is 0. The van der Waals surface area contributed by atoms with E-state index in [4.69, 9.17) is 0 Å². The van der Waals surface area contributed by atoms with E-state index in [-0.39, 0.29) is 11.7 Å². The minimum atomic E-state index is -0.0897. The second kappa shape index (κ2) is 6.58. The van der Waals surface area contributed by atoms with Gasteiger partial charge in [-0.05, 0) is 26.3 Å². The van der Waals surface area contributed by atoms with E-state index >= 15 is 0 Å². The van der Waals surface area contributed by atoms with E-state index in [9.17, 15) is 9.59 Å². The standard InChI is InChI=1S/C11H18O2/c1-4-5-10(8-12)7-11(13)6-9(2)3/h6,8,10H,4-5,7H2,1-3H3. The zero-order valence-corrected chi connectivity index (χ0v) is 8.67. The van der Waals surface area contributed by atoms with Gasteiger partial charge in [-0.3, -0.25) is 4.79 Å². The van der Waals surface area contributed by atoms with E-state index in [2.05, 4.69) is 0 Å². The number of carbonyl (C=O) groups excluding carboxylic acids is 2. The lowest BCUT2D eigenvalue weighted by Crippen LogP contribution is -2.07. The van der Waals surface area contributed by atoms with Crippen LogP contribution in [0.25, 0.3) is 0 Å². The molecule has 0 aliphatic heterocycles. The molecule has 13 heavy (non-hydrogen) atoms. The van der Waals surface area contributed by atoms with Crippen molar-refractivity contribution < 1.29 is 9.59 Å². The Labute approximate surface area is 80.0 Å². The van der Waals surface area contributed by atoms with Gasteiger partial charge in [0.25, 0.3) is 0 Å². The molecule has 0 bridgehead atoms. The van der Waals surface area contributed by atoms with Crippen LogP contribution in [0.4, 0.5) is 0 Å². The van der Waals surface area contributed by atoms with Crippen molar-refractivity contribution in [2.75, 3.05) is 0 Å². The molecule has 0 N–H and O–H groups in total. The predicted molar refractivity (Wildman–Crippen MR) is 53.5 cm³/mol. The van der Waals surface area contributed by atoms with Gasteiger partial charge in [-0.25, -0.2) is 0 Å². The third kappa shape index (κ3) is 6.26. The van der Waals surface area contributed by atoms with Gasteiger partial charge in [-0.2, -0.15) is 0 Å². The van der Waals surface area contributed by atoms with Crippen molar-refractivity contribution >= 4 is 12.1 Å². The molecule has 2 nitrogen and oxygen atoms in total. The monoisotopic (exact) mass is 182 g/mol. The molecule has 0 spiro atoms. The Bertz CT molecular complexity index is 200. The molecule has 0 radical (unpaired) electrons. The molecule has 0 aliphatic rings. The van der Waals surface area contributed by atoms with Crippen molar-refractivity contribution in [3.8, 4) is 0 Å². The lowest BCUT2D eigenvalue weighted by Gasteiger charge is -2.05. The minimum Gasteiger partial charge on any atom is -0.303 e. The first kappa shape index (κ1) is 12.1. The fourth-order valence-corrected chi connectivity index (χ4v) is 1.23. The fourth-order valence-electron chi connectivity index (χ4n) is 1.23. The van der Waals surface area contributed by atoms with Crippen LogP contribution in [0.5, 0.6) is 0 Å². The summed E-state index contributed by atoms with van der Waals surface area (Å²) in [4.78, 5) is 21.8. The maximum Gasteiger partial charge on any atom is 0.156 e. The van der Waals surface area contributed by atoms with Crippen molar-refractivity contribution in [2.45, 2.75) is 40.0 Å². The van der Waals surface area contributed by atoms with Crippen molar-refractivity contribution in [3.05, 3.63) is 11.6 Å². The number of rotatable bonds is 6. The maximum absolute atomic E-state index is 11.3. The average Bonchev–Trinajstić information content (AvgIpc) is 2.02. The SMILES string of the molecule is CCCC(C=O)CC(=O)C=C(C)C. The van der Waals surface area contributed by atoms with Crippen LogP contribution in [0.2, 0.25) is 0 Å². The molecule has 0 saturated heterocycles. The lowest BCUT2D eigenvalue weighted by molar-refractivity contribution is -0.119. The summed E-state index contributed by atoms with van der Waals surface area (Å²) in [7, 11) is 0. The van der Waals surface area contributed by atoms with Crippen LogP contribution in [0.1, 0.15) is 40.0 Å². The molecule has 0 rings (SSSR count). The number of hydrogen-bond donors (Lipinski definition) is 0. The zero-order valence-electron chi connectivity index (χ0n) is 8.67. The topological polar surface area (TPSA) is 34.1 Å². The number of aldehydes is 1. The molecule has 0 aliphatic carbocycles. The van der Waals surface area contributed by atoms with E-state index in [1.54, 1.807) is 6.08 Å². The highest BCUT2D eigenvalue weighted by atomic mass is 16.1. The number of allylic oxidation sites excluding steroid dienone is 2. The highest BCUT2D eigenvalue weighted by Gasteiger charge is 2.09. The second-order valence-corrected chi connectivity index (χ2v) is 3.58. The molecule has 0 aromatic heterocycles.